The number of nitro groups is 1. The Balaban J connectivity index is 2.73. The van der Waals surface area contributed by atoms with Crippen molar-refractivity contribution in [3.63, 3.8) is 0 Å². The Labute approximate surface area is 129 Å². The molecule has 0 bridgehead atoms. The lowest BCUT2D eigenvalue weighted by Crippen LogP contribution is -2.44. The summed E-state index contributed by atoms with van der Waals surface area (Å²) in [5, 5.41) is 10.9. The Kier molecular flexibility index (Phi) is 6.44. The van der Waals surface area contributed by atoms with Gasteiger partial charge in [0.2, 0.25) is 15.9 Å². The number of nitro benzene ring substituents is 1. The highest BCUT2D eigenvalue weighted by Crippen LogP contribution is 2.19. The first-order valence-corrected chi connectivity index (χ1v) is 8.43. The molecule has 9 heteroatoms. The Bertz CT molecular complexity index is 645. The van der Waals surface area contributed by atoms with Crippen LogP contribution >= 0.6 is 0 Å². The van der Waals surface area contributed by atoms with Crippen LogP contribution in [-0.4, -0.2) is 19.2 Å². The van der Waals surface area contributed by atoms with Crippen LogP contribution in [0.1, 0.15) is 32.3 Å². The molecule has 1 rings (SSSR count). The first-order valence-electron chi connectivity index (χ1n) is 6.78. The van der Waals surface area contributed by atoms with Crippen molar-refractivity contribution in [2.24, 2.45) is 5.92 Å². The van der Waals surface area contributed by atoms with E-state index in [1.54, 1.807) is 6.92 Å². The molecular weight excluding hydrogens is 310 g/mol. The number of hydrogen-bond donors (Lipinski definition) is 2. The molecule has 122 valence electrons. The standard InChI is InChI=1S/C13H19N3O5S/c1-3-6-10(2)13(17)14-15-22(20,21)9-11-7-4-5-8-12(11)16(18)19/h4-5,7-8,10,15H,3,6,9H2,1-2H3,(H,14,17). The minimum atomic E-state index is -3.92. The lowest BCUT2D eigenvalue weighted by atomic mass is 10.1. The fourth-order valence-corrected chi connectivity index (χ4v) is 2.85. The van der Waals surface area contributed by atoms with Gasteiger partial charge in [0.15, 0.2) is 0 Å². The second-order valence-corrected chi connectivity index (χ2v) is 6.65. The summed E-state index contributed by atoms with van der Waals surface area (Å²) in [4.78, 5) is 23.8. The molecule has 2 N–H and O–H groups in total. The molecule has 1 aromatic rings. The maximum Gasteiger partial charge on any atom is 0.273 e. The van der Waals surface area contributed by atoms with Gasteiger partial charge < -0.3 is 0 Å². The van der Waals surface area contributed by atoms with Gasteiger partial charge in [0.1, 0.15) is 0 Å². The number of para-hydroxylation sites is 1. The minimum Gasteiger partial charge on any atom is -0.278 e. The predicted octanol–water partition coefficient (Wildman–Crippen LogP) is 1.48. The van der Waals surface area contributed by atoms with E-state index in [1.165, 1.54) is 24.3 Å². The number of carbonyl (C=O) groups excluding carboxylic acids is 1. The molecular formula is C13H19N3O5S. The van der Waals surface area contributed by atoms with E-state index < -0.39 is 26.6 Å². The Morgan fingerprint density at radius 1 is 1.36 bits per heavy atom. The van der Waals surface area contributed by atoms with Gasteiger partial charge in [-0.15, -0.1) is 4.83 Å². The van der Waals surface area contributed by atoms with E-state index in [-0.39, 0.29) is 17.2 Å². The second kappa shape index (κ2) is 7.85. The van der Waals surface area contributed by atoms with Gasteiger partial charge in [-0.25, -0.2) is 8.42 Å². The fourth-order valence-electron chi connectivity index (χ4n) is 1.87. The molecule has 0 aromatic heterocycles. The number of hydrogen-bond acceptors (Lipinski definition) is 5. The third-order valence-corrected chi connectivity index (χ3v) is 4.14. The summed E-state index contributed by atoms with van der Waals surface area (Å²) in [7, 11) is -3.92. The van der Waals surface area contributed by atoms with Crippen molar-refractivity contribution in [2.75, 3.05) is 0 Å². The third-order valence-electron chi connectivity index (χ3n) is 3.03. The van der Waals surface area contributed by atoms with Crippen molar-refractivity contribution < 1.29 is 18.1 Å². The number of amides is 1. The molecule has 1 amide bonds. The Morgan fingerprint density at radius 3 is 2.59 bits per heavy atom. The van der Waals surface area contributed by atoms with E-state index in [1.807, 2.05) is 11.8 Å². The smallest absolute Gasteiger partial charge is 0.273 e. The van der Waals surface area contributed by atoms with E-state index in [0.717, 1.165) is 6.42 Å². The van der Waals surface area contributed by atoms with Crippen LogP contribution in [0.15, 0.2) is 24.3 Å². The van der Waals surface area contributed by atoms with Crippen LogP contribution in [0.25, 0.3) is 0 Å². The van der Waals surface area contributed by atoms with E-state index in [9.17, 15) is 23.3 Å². The highest BCUT2D eigenvalue weighted by Gasteiger charge is 2.21. The van der Waals surface area contributed by atoms with Crippen molar-refractivity contribution in [1.82, 2.24) is 10.3 Å². The molecule has 0 saturated heterocycles. The van der Waals surface area contributed by atoms with Crippen LogP contribution in [0.5, 0.6) is 0 Å². The van der Waals surface area contributed by atoms with Gasteiger partial charge in [-0.1, -0.05) is 38.5 Å². The van der Waals surface area contributed by atoms with E-state index in [4.69, 9.17) is 0 Å². The van der Waals surface area contributed by atoms with E-state index >= 15 is 0 Å². The number of sulfonamides is 1. The van der Waals surface area contributed by atoms with Crippen molar-refractivity contribution in [3.05, 3.63) is 39.9 Å². The van der Waals surface area contributed by atoms with Gasteiger partial charge in [0, 0.05) is 17.5 Å². The highest BCUT2D eigenvalue weighted by atomic mass is 32.2. The van der Waals surface area contributed by atoms with E-state index in [0.29, 0.717) is 6.42 Å². The zero-order chi connectivity index (χ0) is 16.8. The van der Waals surface area contributed by atoms with Gasteiger partial charge in [-0.05, 0) is 6.42 Å². The molecule has 0 spiro atoms. The fraction of sp³-hybridized carbons (Fsp3) is 0.462. The monoisotopic (exact) mass is 329 g/mol. The zero-order valence-electron chi connectivity index (χ0n) is 12.4. The maximum atomic E-state index is 11.9. The normalized spacial score (nSPS) is 12.6. The van der Waals surface area contributed by atoms with Crippen LogP contribution in [0, 0.1) is 16.0 Å². The molecule has 1 aromatic carbocycles. The van der Waals surface area contributed by atoms with Crippen molar-refractivity contribution in [2.45, 2.75) is 32.4 Å². The molecule has 1 unspecified atom stereocenters. The summed E-state index contributed by atoms with van der Waals surface area (Å²) in [6, 6.07) is 5.56. The number of benzene rings is 1. The maximum absolute atomic E-state index is 11.9. The molecule has 0 fully saturated rings. The molecule has 0 aliphatic heterocycles. The number of rotatable bonds is 8. The van der Waals surface area contributed by atoms with Crippen LogP contribution in [0.3, 0.4) is 0 Å². The summed E-state index contributed by atoms with van der Waals surface area (Å²) >= 11 is 0. The Morgan fingerprint density at radius 2 is 2.00 bits per heavy atom. The van der Waals surface area contributed by atoms with Crippen molar-refractivity contribution in [1.29, 1.82) is 0 Å². The highest BCUT2D eigenvalue weighted by molar-refractivity contribution is 7.88. The lowest BCUT2D eigenvalue weighted by molar-refractivity contribution is -0.385. The molecule has 0 aliphatic rings. The molecule has 0 heterocycles. The number of hydrazine groups is 1. The molecule has 0 radical (unpaired) electrons. The average molecular weight is 329 g/mol. The summed E-state index contributed by atoms with van der Waals surface area (Å²) in [6.07, 6.45) is 1.44. The summed E-state index contributed by atoms with van der Waals surface area (Å²) in [5.41, 5.74) is 1.90. The third kappa shape index (κ3) is 5.41. The van der Waals surface area contributed by atoms with Gasteiger partial charge in [0.05, 0.1) is 10.7 Å². The van der Waals surface area contributed by atoms with Gasteiger partial charge in [-0.3, -0.25) is 20.3 Å². The zero-order valence-corrected chi connectivity index (χ0v) is 13.2. The Hall–Kier alpha value is -2.00. The first kappa shape index (κ1) is 18.1. The molecule has 0 aliphatic carbocycles. The largest absolute Gasteiger partial charge is 0.278 e. The van der Waals surface area contributed by atoms with Gasteiger partial charge in [0.25, 0.3) is 5.69 Å². The molecule has 8 nitrogen and oxygen atoms in total. The average Bonchev–Trinajstić information content (AvgIpc) is 2.45. The number of nitrogens with zero attached hydrogens (tertiary/aromatic N) is 1. The van der Waals surface area contributed by atoms with E-state index in [2.05, 4.69) is 5.43 Å². The molecule has 1 atom stereocenters. The van der Waals surface area contributed by atoms with Gasteiger partial charge in [-0.2, -0.15) is 0 Å². The molecule has 22 heavy (non-hydrogen) atoms. The SMILES string of the molecule is CCCC(C)C(=O)NNS(=O)(=O)Cc1ccccc1[N+](=O)[O-]. The van der Waals surface area contributed by atoms with Gasteiger partial charge >= 0.3 is 0 Å². The van der Waals surface area contributed by atoms with Crippen molar-refractivity contribution >= 4 is 21.6 Å². The van der Waals surface area contributed by atoms with Crippen LogP contribution in [-0.2, 0) is 20.6 Å². The molecule has 0 saturated carbocycles. The summed E-state index contributed by atoms with van der Waals surface area (Å²) in [5.74, 6) is -1.35. The minimum absolute atomic E-state index is 0.0517. The van der Waals surface area contributed by atoms with Crippen LogP contribution < -0.4 is 10.3 Å². The summed E-state index contributed by atoms with van der Waals surface area (Å²) in [6.45, 7) is 3.61. The number of carbonyl (C=O) groups is 1. The van der Waals surface area contributed by atoms with Crippen LogP contribution in [0.2, 0.25) is 0 Å². The second-order valence-electron chi connectivity index (χ2n) is 4.93. The first-order chi connectivity index (χ1) is 10.3. The van der Waals surface area contributed by atoms with Crippen molar-refractivity contribution in [3.8, 4) is 0 Å². The van der Waals surface area contributed by atoms with Crippen LogP contribution in [0.4, 0.5) is 5.69 Å². The predicted molar refractivity (Wildman–Crippen MR) is 81.1 cm³/mol. The summed E-state index contributed by atoms with van der Waals surface area (Å²) < 4.78 is 23.8. The lowest BCUT2D eigenvalue weighted by Gasteiger charge is -2.12. The quantitative estimate of drug-likeness (QED) is 0.553. The number of nitrogens with one attached hydrogen (secondary N) is 2. The topological polar surface area (TPSA) is 118 Å².